The molecule has 0 aliphatic carbocycles. The average Bonchev–Trinajstić information content (AvgIpc) is 2.00. The van der Waals surface area contributed by atoms with Crippen molar-refractivity contribution in [1.29, 1.82) is 0 Å². The summed E-state index contributed by atoms with van der Waals surface area (Å²) < 4.78 is 21.9. The number of rotatable bonds is 6. The van der Waals surface area contributed by atoms with Crippen LogP contribution in [0.15, 0.2) is 24.0 Å². The predicted molar refractivity (Wildman–Crippen MR) is 54.8 cm³/mol. The van der Waals surface area contributed by atoms with Gasteiger partial charge >= 0.3 is 7.60 Å². The Kier molecular flexibility index (Phi) is 5.97. The zero-order chi connectivity index (χ0) is 10.3. The van der Waals surface area contributed by atoms with E-state index in [-0.39, 0.29) is 6.61 Å². The van der Waals surface area contributed by atoms with E-state index in [2.05, 4.69) is 6.58 Å². The summed E-state index contributed by atoms with van der Waals surface area (Å²) in [6.45, 7) is 9.57. The largest absolute Gasteiger partial charge is 0.354 e. The molecular formula is C9H17O3P. The van der Waals surface area contributed by atoms with E-state index < -0.39 is 7.60 Å². The first-order valence-electron chi connectivity index (χ1n) is 4.20. The van der Waals surface area contributed by atoms with Crippen LogP contribution in [0.1, 0.15) is 20.8 Å². The zero-order valence-corrected chi connectivity index (χ0v) is 9.34. The van der Waals surface area contributed by atoms with E-state index in [1.807, 2.05) is 13.8 Å². The molecule has 13 heavy (non-hydrogen) atoms. The highest BCUT2D eigenvalue weighted by Gasteiger charge is 2.19. The van der Waals surface area contributed by atoms with Gasteiger partial charge in [-0.3, -0.25) is 4.57 Å². The third-order valence-corrected chi connectivity index (χ3v) is 3.06. The van der Waals surface area contributed by atoms with Gasteiger partial charge in [0.25, 0.3) is 0 Å². The molecule has 0 N–H and O–H groups in total. The molecule has 0 fully saturated rings. The van der Waals surface area contributed by atoms with Gasteiger partial charge in [0.05, 0.1) is 13.2 Å². The van der Waals surface area contributed by atoms with E-state index in [0.717, 1.165) is 5.57 Å². The molecule has 3 nitrogen and oxygen atoms in total. The van der Waals surface area contributed by atoms with Crippen LogP contribution in [-0.2, 0) is 13.6 Å². The first-order chi connectivity index (χ1) is 6.04. The summed E-state index contributed by atoms with van der Waals surface area (Å²) in [5.74, 6) is 1.53. The minimum atomic E-state index is -3.03. The molecule has 4 heteroatoms. The highest BCUT2D eigenvalue weighted by molar-refractivity contribution is 7.57. The van der Waals surface area contributed by atoms with Gasteiger partial charge in [-0.05, 0) is 20.8 Å². The minimum Gasteiger partial charge on any atom is -0.306 e. The quantitative estimate of drug-likeness (QED) is 0.491. The molecule has 0 aromatic heterocycles. The highest BCUT2D eigenvalue weighted by Crippen LogP contribution is 2.50. The van der Waals surface area contributed by atoms with Crippen molar-refractivity contribution in [2.24, 2.45) is 0 Å². The lowest BCUT2D eigenvalue weighted by Gasteiger charge is -2.13. The van der Waals surface area contributed by atoms with E-state index in [4.69, 9.17) is 9.05 Å². The number of allylic oxidation sites excluding steroid dienone is 1. The molecule has 0 bridgehead atoms. The molecule has 0 amide bonds. The monoisotopic (exact) mass is 204 g/mol. The second kappa shape index (κ2) is 6.14. The normalized spacial score (nSPS) is 14.7. The van der Waals surface area contributed by atoms with Gasteiger partial charge in [0.2, 0.25) is 0 Å². The summed E-state index contributed by atoms with van der Waals surface area (Å²) in [7, 11) is -3.03. The van der Waals surface area contributed by atoms with Crippen LogP contribution in [0.5, 0.6) is 0 Å². The molecule has 0 radical (unpaired) electrons. The Balaban J connectivity index is 4.43. The Hall–Kier alpha value is -0.370. The molecule has 0 spiro atoms. The molecule has 0 rings (SSSR count). The van der Waals surface area contributed by atoms with Gasteiger partial charge < -0.3 is 9.05 Å². The maximum atomic E-state index is 11.8. The molecule has 0 saturated carbocycles. The van der Waals surface area contributed by atoms with Crippen molar-refractivity contribution in [3.63, 3.8) is 0 Å². The molecule has 1 atom stereocenters. The van der Waals surface area contributed by atoms with Crippen molar-refractivity contribution in [3.8, 4) is 0 Å². The van der Waals surface area contributed by atoms with Crippen molar-refractivity contribution in [2.75, 3.05) is 13.2 Å². The lowest BCUT2D eigenvalue weighted by molar-refractivity contribution is 0.237. The Morgan fingerprint density at radius 3 is 2.46 bits per heavy atom. The summed E-state index contributed by atoms with van der Waals surface area (Å²) in [5.41, 5.74) is 0.917. The second-order valence-corrected chi connectivity index (χ2v) is 4.60. The van der Waals surface area contributed by atoms with E-state index in [0.29, 0.717) is 6.61 Å². The van der Waals surface area contributed by atoms with Gasteiger partial charge in [-0.25, -0.2) is 0 Å². The second-order valence-electron chi connectivity index (χ2n) is 2.75. The van der Waals surface area contributed by atoms with Crippen molar-refractivity contribution >= 4 is 7.60 Å². The van der Waals surface area contributed by atoms with Crippen LogP contribution < -0.4 is 0 Å². The Labute approximate surface area is 80.0 Å². The highest BCUT2D eigenvalue weighted by atomic mass is 31.2. The molecule has 1 unspecified atom stereocenters. The molecule has 0 saturated heterocycles. The van der Waals surface area contributed by atoms with Gasteiger partial charge in [0.1, 0.15) is 0 Å². The molecule has 0 aliphatic rings. The Morgan fingerprint density at radius 1 is 1.46 bits per heavy atom. The SMILES string of the molecule is C=CCOP(=O)(C=C(C)C)OCC. The number of hydrogen-bond donors (Lipinski definition) is 0. The Bertz CT molecular complexity index is 229. The van der Waals surface area contributed by atoms with E-state index in [1.54, 1.807) is 13.0 Å². The van der Waals surface area contributed by atoms with E-state index >= 15 is 0 Å². The summed E-state index contributed by atoms with van der Waals surface area (Å²) in [5, 5.41) is 0. The smallest absolute Gasteiger partial charge is 0.306 e. The third kappa shape index (κ3) is 5.81. The van der Waals surface area contributed by atoms with Gasteiger partial charge in [0, 0.05) is 5.82 Å². The molecule has 0 aliphatic heterocycles. The van der Waals surface area contributed by atoms with Crippen molar-refractivity contribution in [2.45, 2.75) is 20.8 Å². The van der Waals surface area contributed by atoms with Crippen LogP contribution in [0, 0.1) is 0 Å². The van der Waals surface area contributed by atoms with Crippen molar-refractivity contribution < 1.29 is 13.6 Å². The Morgan fingerprint density at radius 2 is 2.08 bits per heavy atom. The first kappa shape index (κ1) is 12.6. The van der Waals surface area contributed by atoms with Crippen LogP contribution in [-0.4, -0.2) is 13.2 Å². The first-order valence-corrected chi connectivity index (χ1v) is 5.81. The topological polar surface area (TPSA) is 35.5 Å². The molecule has 0 heterocycles. The summed E-state index contributed by atoms with van der Waals surface area (Å²) in [6, 6.07) is 0. The van der Waals surface area contributed by atoms with Gasteiger partial charge in [-0.2, -0.15) is 0 Å². The van der Waals surface area contributed by atoms with Gasteiger partial charge in [0.15, 0.2) is 0 Å². The minimum absolute atomic E-state index is 0.237. The fourth-order valence-electron chi connectivity index (χ4n) is 0.765. The van der Waals surface area contributed by atoms with Crippen LogP contribution in [0.3, 0.4) is 0 Å². The lowest BCUT2D eigenvalue weighted by Crippen LogP contribution is -1.93. The van der Waals surface area contributed by atoms with Crippen molar-refractivity contribution in [3.05, 3.63) is 24.0 Å². The molecular weight excluding hydrogens is 187 g/mol. The maximum absolute atomic E-state index is 11.8. The van der Waals surface area contributed by atoms with Crippen LogP contribution >= 0.6 is 7.60 Å². The summed E-state index contributed by atoms with van der Waals surface area (Å²) in [6.07, 6.45) is 1.55. The van der Waals surface area contributed by atoms with Crippen LogP contribution in [0.2, 0.25) is 0 Å². The predicted octanol–water partition coefficient (Wildman–Crippen LogP) is 3.34. The third-order valence-electron chi connectivity index (χ3n) is 1.10. The van der Waals surface area contributed by atoms with Gasteiger partial charge in [-0.15, -0.1) is 6.58 Å². The fraction of sp³-hybridized carbons (Fsp3) is 0.556. The summed E-state index contributed by atoms with van der Waals surface area (Å²) in [4.78, 5) is 0. The lowest BCUT2D eigenvalue weighted by atomic mass is 10.4. The van der Waals surface area contributed by atoms with E-state index in [9.17, 15) is 4.57 Å². The molecule has 76 valence electrons. The standard InChI is InChI=1S/C9H17O3P/c1-5-7-12-13(10,11-6-2)8-9(3)4/h5,8H,1,6-7H2,2-4H3. The molecule has 0 aromatic carbocycles. The van der Waals surface area contributed by atoms with Crippen molar-refractivity contribution in [1.82, 2.24) is 0 Å². The molecule has 0 aromatic rings. The maximum Gasteiger partial charge on any atom is 0.354 e. The average molecular weight is 204 g/mol. The van der Waals surface area contributed by atoms with E-state index in [1.165, 1.54) is 5.82 Å². The van der Waals surface area contributed by atoms with Crippen LogP contribution in [0.25, 0.3) is 0 Å². The van der Waals surface area contributed by atoms with Crippen LogP contribution in [0.4, 0.5) is 0 Å². The fourth-order valence-corrected chi connectivity index (χ4v) is 2.29. The zero-order valence-electron chi connectivity index (χ0n) is 8.45. The van der Waals surface area contributed by atoms with Gasteiger partial charge in [-0.1, -0.05) is 11.6 Å². The number of hydrogen-bond acceptors (Lipinski definition) is 3. The summed E-state index contributed by atoms with van der Waals surface area (Å²) >= 11 is 0.